The number of amides is 1. The van der Waals surface area contributed by atoms with E-state index in [1.54, 1.807) is 11.3 Å². The minimum absolute atomic E-state index is 0.0416. The van der Waals surface area contributed by atoms with Crippen molar-refractivity contribution in [1.29, 1.82) is 0 Å². The summed E-state index contributed by atoms with van der Waals surface area (Å²) < 4.78 is 0. The zero-order chi connectivity index (χ0) is 9.80. The van der Waals surface area contributed by atoms with Gasteiger partial charge in [-0.15, -0.1) is 0 Å². The van der Waals surface area contributed by atoms with Gasteiger partial charge >= 0.3 is 0 Å². The third-order valence-electron chi connectivity index (χ3n) is 2.45. The molecule has 1 amide bonds. The molecule has 1 atom stereocenters. The number of rotatable bonds is 3. The van der Waals surface area contributed by atoms with Crippen LogP contribution in [0, 0.1) is 0 Å². The van der Waals surface area contributed by atoms with Crippen LogP contribution in [0.25, 0.3) is 0 Å². The third kappa shape index (κ3) is 2.33. The number of hydrogen-bond acceptors (Lipinski definition) is 3. The highest BCUT2D eigenvalue weighted by atomic mass is 32.1. The van der Waals surface area contributed by atoms with Crippen LogP contribution in [-0.2, 0) is 0 Å². The van der Waals surface area contributed by atoms with Crippen LogP contribution in [0.2, 0.25) is 0 Å². The van der Waals surface area contributed by atoms with E-state index in [0.29, 0.717) is 6.04 Å². The molecule has 1 unspecified atom stereocenters. The molecule has 0 saturated carbocycles. The number of hydrogen-bond donors (Lipinski definition) is 2. The number of thiophene rings is 1. The van der Waals surface area contributed by atoms with Crippen LogP contribution in [0.15, 0.2) is 16.8 Å². The molecule has 2 N–H and O–H groups in total. The molecule has 0 aliphatic carbocycles. The second-order valence-electron chi connectivity index (χ2n) is 3.52. The van der Waals surface area contributed by atoms with E-state index in [1.807, 2.05) is 16.8 Å². The van der Waals surface area contributed by atoms with Gasteiger partial charge in [0.2, 0.25) is 0 Å². The maximum absolute atomic E-state index is 11.5. The lowest BCUT2D eigenvalue weighted by Gasteiger charge is -2.10. The van der Waals surface area contributed by atoms with Crippen molar-refractivity contribution >= 4 is 17.2 Å². The van der Waals surface area contributed by atoms with Gasteiger partial charge in [0.05, 0.1) is 0 Å². The van der Waals surface area contributed by atoms with Gasteiger partial charge in [-0.3, -0.25) is 4.79 Å². The first-order chi connectivity index (χ1) is 6.86. The van der Waals surface area contributed by atoms with Gasteiger partial charge in [-0.05, 0) is 30.8 Å². The van der Waals surface area contributed by atoms with Gasteiger partial charge in [0.1, 0.15) is 0 Å². The predicted octanol–water partition coefficient (Wildman–Crippen LogP) is 1.23. The summed E-state index contributed by atoms with van der Waals surface area (Å²) in [5.74, 6) is 0.0416. The van der Waals surface area contributed by atoms with Crippen molar-refractivity contribution in [3.8, 4) is 0 Å². The SMILES string of the molecule is O=C(NCC1CCCN1)c1ccsc1. The smallest absolute Gasteiger partial charge is 0.252 e. The molecule has 0 radical (unpaired) electrons. The van der Waals surface area contributed by atoms with Gasteiger partial charge in [-0.25, -0.2) is 0 Å². The van der Waals surface area contributed by atoms with Gasteiger partial charge in [0.15, 0.2) is 0 Å². The standard InChI is InChI=1S/C10H14N2OS/c13-10(8-3-5-14-7-8)12-6-9-2-1-4-11-9/h3,5,7,9,11H,1-2,4,6H2,(H,12,13). The Labute approximate surface area is 87.5 Å². The van der Waals surface area contributed by atoms with E-state index in [2.05, 4.69) is 10.6 Å². The molecular formula is C10H14N2OS. The molecule has 0 aromatic carbocycles. The Morgan fingerprint density at radius 3 is 3.29 bits per heavy atom. The lowest BCUT2D eigenvalue weighted by Crippen LogP contribution is -2.36. The average Bonchev–Trinajstić information content (AvgIpc) is 2.87. The number of carbonyl (C=O) groups is 1. The Bertz CT molecular complexity index is 291. The summed E-state index contributed by atoms with van der Waals surface area (Å²) in [6.45, 7) is 1.83. The van der Waals surface area contributed by atoms with Crippen molar-refractivity contribution in [3.63, 3.8) is 0 Å². The molecule has 1 saturated heterocycles. The monoisotopic (exact) mass is 210 g/mol. The number of nitrogens with one attached hydrogen (secondary N) is 2. The van der Waals surface area contributed by atoms with Crippen LogP contribution < -0.4 is 10.6 Å². The molecule has 1 aliphatic heterocycles. The van der Waals surface area contributed by atoms with E-state index in [1.165, 1.54) is 12.8 Å². The summed E-state index contributed by atoms with van der Waals surface area (Å²) in [6, 6.07) is 2.32. The van der Waals surface area contributed by atoms with E-state index in [0.717, 1.165) is 18.7 Å². The summed E-state index contributed by atoms with van der Waals surface area (Å²) in [6.07, 6.45) is 2.39. The normalized spacial score (nSPS) is 21.0. The summed E-state index contributed by atoms with van der Waals surface area (Å²) >= 11 is 1.55. The fourth-order valence-corrected chi connectivity index (χ4v) is 2.28. The van der Waals surface area contributed by atoms with Crippen LogP contribution in [0.1, 0.15) is 23.2 Å². The summed E-state index contributed by atoms with van der Waals surface area (Å²) in [4.78, 5) is 11.5. The molecule has 3 nitrogen and oxygen atoms in total. The van der Waals surface area contributed by atoms with Gasteiger partial charge < -0.3 is 10.6 Å². The Balaban J connectivity index is 1.78. The third-order valence-corrected chi connectivity index (χ3v) is 3.14. The van der Waals surface area contributed by atoms with Crippen molar-refractivity contribution in [1.82, 2.24) is 10.6 Å². The van der Waals surface area contributed by atoms with E-state index < -0.39 is 0 Å². The maximum atomic E-state index is 11.5. The summed E-state index contributed by atoms with van der Waals surface area (Å²) in [7, 11) is 0. The lowest BCUT2D eigenvalue weighted by molar-refractivity contribution is 0.0951. The molecule has 14 heavy (non-hydrogen) atoms. The van der Waals surface area contributed by atoms with Crippen molar-refractivity contribution in [2.24, 2.45) is 0 Å². The van der Waals surface area contributed by atoms with Gasteiger partial charge in [0, 0.05) is 23.5 Å². The van der Waals surface area contributed by atoms with Crippen molar-refractivity contribution in [2.75, 3.05) is 13.1 Å². The van der Waals surface area contributed by atoms with E-state index in [4.69, 9.17) is 0 Å². The van der Waals surface area contributed by atoms with Crippen LogP contribution in [0.5, 0.6) is 0 Å². The molecule has 1 aromatic rings. The highest BCUT2D eigenvalue weighted by molar-refractivity contribution is 7.08. The van der Waals surface area contributed by atoms with E-state index in [9.17, 15) is 4.79 Å². The summed E-state index contributed by atoms with van der Waals surface area (Å²) in [5, 5.41) is 10.1. The molecular weight excluding hydrogens is 196 g/mol. The van der Waals surface area contributed by atoms with Gasteiger partial charge in [-0.2, -0.15) is 11.3 Å². The van der Waals surface area contributed by atoms with Crippen molar-refractivity contribution in [2.45, 2.75) is 18.9 Å². The van der Waals surface area contributed by atoms with E-state index >= 15 is 0 Å². The Kier molecular flexibility index (Phi) is 3.16. The molecule has 0 spiro atoms. The van der Waals surface area contributed by atoms with Crippen molar-refractivity contribution in [3.05, 3.63) is 22.4 Å². The van der Waals surface area contributed by atoms with Gasteiger partial charge in [0.25, 0.3) is 5.91 Å². The topological polar surface area (TPSA) is 41.1 Å². The zero-order valence-electron chi connectivity index (χ0n) is 7.95. The first-order valence-electron chi connectivity index (χ1n) is 4.90. The first kappa shape index (κ1) is 9.68. The molecule has 1 aliphatic rings. The molecule has 4 heteroatoms. The average molecular weight is 210 g/mol. The molecule has 1 aromatic heterocycles. The predicted molar refractivity (Wildman–Crippen MR) is 57.7 cm³/mol. The molecule has 1 fully saturated rings. The quantitative estimate of drug-likeness (QED) is 0.788. The second kappa shape index (κ2) is 4.57. The Morgan fingerprint density at radius 1 is 1.71 bits per heavy atom. The summed E-state index contributed by atoms with van der Waals surface area (Å²) in [5.41, 5.74) is 0.771. The number of carbonyl (C=O) groups excluding carboxylic acids is 1. The molecule has 2 rings (SSSR count). The molecule has 76 valence electrons. The first-order valence-corrected chi connectivity index (χ1v) is 5.84. The highest BCUT2D eigenvalue weighted by Gasteiger charge is 2.15. The zero-order valence-corrected chi connectivity index (χ0v) is 8.77. The Morgan fingerprint density at radius 2 is 2.64 bits per heavy atom. The fourth-order valence-electron chi connectivity index (χ4n) is 1.64. The van der Waals surface area contributed by atoms with Crippen LogP contribution in [-0.4, -0.2) is 25.0 Å². The maximum Gasteiger partial charge on any atom is 0.252 e. The molecule has 2 heterocycles. The minimum Gasteiger partial charge on any atom is -0.350 e. The van der Waals surface area contributed by atoms with Crippen LogP contribution in [0.4, 0.5) is 0 Å². The van der Waals surface area contributed by atoms with Crippen LogP contribution >= 0.6 is 11.3 Å². The molecule has 0 bridgehead atoms. The van der Waals surface area contributed by atoms with Crippen molar-refractivity contribution < 1.29 is 4.79 Å². The minimum atomic E-state index is 0.0416. The fraction of sp³-hybridized carbons (Fsp3) is 0.500. The van der Waals surface area contributed by atoms with Gasteiger partial charge in [-0.1, -0.05) is 0 Å². The lowest BCUT2D eigenvalue weighted by atomic mass is 10.2. The van der Waals surface area contributed by atoms with Crippen LogP contribution in [0.3, 0.4) is 0 Å². The van der Waals surface area contributed by atoms with E-state index in [-0.39, 0.29) is 5.91 Å². The Hall–Kier alpha value is -0.870. The second-order valence-corrected chi connectivity index (χ2v) is 4.30. The largest absolute Gasteiger partial charge is 0.350 e. The highest BCUT2D eigenvalue weighted by Crippen LogP contribution is 2.06.